The molecule has 2 N–H and O–H groups in total. The number of amides is 2. The lowest BCUT2D eigenvalue weighted by Gasteiger charge is -2.45. The van der Waals surface area contributed by atoms with Crippen LogP contribution in [-0.4, -0.2) is 58.3 Å². The maximum atomic E-state index is 13.6. The van der Waals surface area contributed by atoms with Crippen molar-refractivity contribution in [2.24, 2.45) is 0 Å². The second kappa shape index (κ2) is 13.0. The predicted molar refractivity (Wildman–Crippen MR) is 163 cm³/mol. The van der Waals surface area contributed by atoms with Gasteiger partial charge >= 0.3 is 6.09 Å². The van der Waals surface area contributed by atoms with Gasteiger partial charge in [0, 0.05) is 53.2 Å². The molecule has 41 heavy (non-hydrogen) atoms. The number of aryl methyl sites for hydroxylation is 2. The molecule has 1 fully saturated rings. The summed E-state index contributed by atoms with van der Waals surface area (Å²) < 4.78 is 5.59. The van der Waals surface area contributed by atoms with E-state index in [-0.39, 0.29) is 18.0 Å². The minimum absolute atomic E-state index is 0.0191. The van der Waals surface area contributed by atoms with Crippen molar-refractivity contribution in [1.29, 1.82) is 0 Å². The molecule has 0 saturated heterocycles. The van der Waals surface area contributed by atoms with Gasteiger partial charge in [0.25, 0.3) is 5.91 Å². The van der Waals surface area contributed by atoms with Gasteiger partial charge < -0.3 is 25.0 Å². The third-order valence-corrected chi connectivity index (χ3v) is 8.44. The molecular weight excluding hydrogens is 516 g/mol. The minimum Gasteiger partial charge on any atom is -0.481 e. The molecule has 2 amide bonds. The van der Waals surface area contributed by atoms with Crippen molar-refractivity contribution < 1.29 is 19.4 Å². The van der Waals surface area contributed by atoms with Crippen LogP contribution in [0.3, 0.4) is 0 Å². The average molecular weight is 563 g/mol. The van der Waals surface area contributed by atoms with Crippen LogP contribution in [-0.2, 0) is 19.4 Å². The zero-order valence-electron chi connectivity index (χ0n) is 25.5. The number of aromatic nitrogens is 1. The summed E-state index contributed by atoms with van der Waals surface area (Å²) in [6.45, 7) is 11.2. The number of pyridine rings is 1. The van der Waals surface area contributed by atoms with Crippen LogP contribution in [0.4, 0.5) is 10.5 Å². The van der Waals surface area contributed by atoms with Gasteiger partial charge in [0.1, 0.15) is 0 Å². The van der Waals surface area contributed by atoms with E-state index >= 15 is 0 Å². The highest BCUT2D eigenvalue weighted by atomic mass is 16.5. The van der Waals surface area contributed by atoms with E-state index in [4.69, 9.17) is 4.74 Å². The SMILES string of the molecule is CCN(c1cccc2c1C/C=C\CCc1cc(C)nc(OC)c1CNC2=O)C1CCC(N(C(=O)O)C(C)(C)C)CC1. The van der Waals surface area contributed by atoms with Gasteiger partial charge in [0.05, 0.1) is 7.11 Å². The molecular formula is C33H46N4O4. The first-order chi connectivity index (χ1) is 19.5. The van der Waals surface area contributed by atoms with E-state index in [0.717, 1.165) is 73.1 Å². The van der Waals surface area contributed by atoms with Crippen LogP contribution < -0.4 is 15.0 Å². The number of benzene rings is 1. The number of anilines is 1. The van der Waals surface area contributed by atoms with Gasteiger partial charge in [-0.25, -0.2) is 9.78 Å². The number of nitrogens with one attached hydrogen (secondary N) is 1. The molecule has 2 heterocycles. The van der Waals surface area contributed by atoms with Crippen LogP contribution >= 0.6 is 0 Å². The van der Waals surface area contributed by atoms with Gasteiger partial charge in [-0.2, -0.15) is 0 Å². The van der Waals surface area contributed by atoms with E-state index in [1.165, 1.54) is 0 Å². The Hall–Kier alpha value is -3.55. The normalized spacial score (nSPS) is 20.4. The van der Waals surface area contributed by atoms with Crippen LogP contribution in [0.5, 0.6) is 5.88 Å². The number of rotatable bonds is 5. The molecule has 1 aromatic heterocycles. The molecule has 1 saturated carbocycles. The number of nitrogens with zero attached hydrogens (tertiary/aromatic N) is 3. The Balaban J connectivity index is 1.60. The summed E-state index contributed by atoms with van der Waals surface area (Å²) in [5, 5.41) is 13.1. The third-order valence-electron chi connectivity index (χ3n) is 8.44. The number of hydrogen-bond donors (Lipinski definition) is 2. The standard InChI is InChI=1S/C33H46N4O4/c1-7-36(24-16-18-25(19-17-24)37(32(39)40)33(3,4)5)29-15-11-14-27-26(29)13-10-8-9-12-23-20-22(2)35-31(41-6)28(23)21-34-30(27)38/h8,10-11,14-15,20,24-25H,7,9,12-13,16-19,21H2,1-6H3,(H,34,38)(H,39,40)/b10-8-. The van der Waals surface area contributed by atoms with E-state index in [2.05, 4.69) is 46.4 Å². The predicted octanol–water partition coefficient (Wildman–Crippen LogP) is 6.29. The molecule has 1 aliphatic carbocycles. The zero-order valence-corrected chi connectivity index (χ0v) is 25.5. The Kier molecular flexibility index (Phi) is 9.61. The maximum absolute atomic E-state index is 13.6. The first-order valence-corrected chi connectivity index (χ1v) is 14.9. The zero-order chi connectivity index (χ0) is 29.7. The summed E-state index contributed by atoms with van der Waals surface area (Å²) in [6, 6.07) is 8.41. The summed E-state index contributed by atoms with van der Waals surface area (Å²) in [6.07, 6.45) is 9.43. The summed E-state index contributed by atoms with van der Waals surface area (Å²) in [5.74, 6) is 0.461. The Bertz CT molecular complexity index is 1270. The number of methoxy groups -OCH3 is 1. The van der Waals surface area contributed by atoms with Crippen molar-refractivity contribution >= 4 is 17.7 Å². The van der Waals surface area contributed by atoms with Crippen LogP contribution in [0.2, 0.25) is 0 Å². The van der Waals surface area contributed by atoms with Crippen molar-refractivity contribution in [2.45, 2.75) is 104 Å². The van der Waals surface area contributed by atoms with Gasteiger partial charge in [0.15, 0.2) is 0 Å². The van der Waals surface area contributed by atoms with Gasteiger partial charge in [-0.15, -0.1) is 0 Å². The molecule has 0 spiro atoms. The fraction of sp³-hybridized carbons (Fsp3) is 0.545. The van der Waals surface area contributed by atoms with E-state index in [9.17, 15) is 14.7 Å². The Morgan fingerprint density at radius 1 is 1.12 bits per heavy atom. The number of hydrogen-bond acceptors (Lipinski definition) is 5. The summed E-state index contributed by atoms with van der Waals surface area (Å²) >= 11 is 0. The molecule has 0 bridgehead atoms. The van der Waals surface area contributed by atoms with Crippen molar-refractivity contribution in [3.8, 4) is 5.88 Å². The van der Waals surface area contributed by atoms with E-state index < -0.39 is 11.6 Å². The topological polar surface area (TPSA) is 95.0 Å². The Morgan fingerprint density at radius 2 is 1.83 bits per heavy atom. The lowest BCUT2D eigenvalue weighted by Crippen LogP contribution is -2.53. The molecule has 0 radical (unpaired) electrons. The first kappa shape index (κ1) is 30.4. The summed E-state index contributed by atoms with van der Waals surface area (Å²) in [4.78, 5) is 34.3. The monoisotopic (exact) mass is 562 g/mol. The van der Waals surface area contributed by atoms with Crippen molar-refractivity contribution in [3.63, 3.8) is 0 Å². The van der Waals surface area contributed by atoms with Gasteiger partial charge in [-0.3, -0.25) is 4.79 Å². The number of carboxylic acid groups (broad SMARTS) is 1. The number of ether oxygens (including phenoxy) is 1. The molecule has 2 aliphatic rings. The summed E-state index contributed by atoms with van der Waals surface area (Å²) in [7, 11) is 1.62. The van der Waals surface area contributed by atoms with Gasteiger partial charge in [-0.05, 0) is 109 Å². The molecule has 4 rings (SSSR count). The number of carbonyl (C=O) groups is 2. The largest absolute Gasteiger partial charge is 0.481 e. The molecule has 0 atom stereocenters. The van der Waals surface area contributed by atoms with E-state index in [1.807, 2.05) is 39.8 Å². The summed E-state index contributed by atoms with van der Waals surface area (Å²) in [5.41, 5.74) is 5.35. The molecule has 0 unspecified atom stereocenters. The van der Waals surface area contributed by atoms with E-state index in [1.54, 1.807) is 12.0 Å². The molecule has 1 aromatic carbocycles. The Morgan fingerprint density at radius 3 is 2.46 bits per heavy atom. The second-order valence-corrected chi connectivity index (χ2v) is 12.2. The first-order valence-electron chi connectivity index (χ1n) is 14.9. The molecule has 222 valence electrons. The van der Waals surface area contributed by atoms with Crippen molar-refractivity contribution in [2.75, 3.05) is 18.6 Å². The van der Waals surface area contributed by atoms with Crippen molar-refractivity contribution in [1.82, 2.24) is 15.2 Å². The smallest absolute Gasteiger partial charge is 0.407 e. The number of fused-ring (bicyclic) bond motifs is 2. The Labute approximate surface area is 244 Å². The lowest BCUT2D eigenvalue weighted by atomic mass is 9.86. The fourth-order valence-corrected chi connectivity index (χ4v) is 6.65. The average Bonchev–Trinajstić information content (AvgIpc) is 2.91. The molecule has 1 aliphatic heterocycles. The van der Waals surface area contributed by atoms with Crippen LogP contribution in [0.15, 0.2) is 36.4 Å². The highest BCUT2D eigenvalue weighted by Crippen LogP contribution is 2.35. The fourth-order valence-electron chi connectivity index (χ4n) is 6.65. The highest BCUT2D eigenvalue weighted by molar-refractivity contribution is 5.97. The van der Waals surface area contributed by atoms with Crippen LogP contribution in [0, 0.1) is 6.92 Å². The molecule has 2 aromatic rings. The van der Waals surface area contributed by atoms with Crippen molar-refractivity contribution in [3.05, 3.63) is 64.4 Å². The van der Waals surface area contributed by atoms with Gasteiger partial charge in [0.2, 0.25) is 5.88 Å². The number of allylic oxidation sites excluding steroid dienone is 2. The number of carbonyl (C=O) groups excluding carboxylic acids is 1. The maximum Gasteiger partial charge on any atom is 0.407 e. The van der Waals surface area contributed by atoms with E-state index in [0.29, 0.717) is 24.4 Å². The highest BCUT2D eigenvalue weighted by Gasteiger charge is 2.37. The minimum atomic E-state index is -0.847. The van der Waals surface area contributed by atoms with Gasteiger partial charge in [-0.1, -0.05) is 18.2 Å². The van der Waals surface area contributed by atoms with Crippen LogP contribution in [0.25, 0.3) is 0 Å². The lowest BCUT2D eigenvalue weighted by molar-refractivity contribution is 0.0545. The third kappa shape index (κ3) is 6.85. The van der Waals surface area contributed by atoms with Crippen LogP contribution in [0.1, 0.15) is 92.5 Å². The molecule has 8 nitrogen and oxygen atoms in total. The second-order valence-electron chi connectivity index (χ2n) is 12.2. The quantitative estimate of drug-likeness (QED) is 0.416. The molecule has 8 heteroatoms.